The Morgan fingerprint density at radius 1 is 1.07 bits per heavy atom. The lowest BCUT2D eigenvalue weighted by Crippen LogP contribution is -2.60. The Balaban J connectivity index is 2.30. The van der Waals surface area contributed by atoms with E-state index in [1.54, 1.807) is 20.8 Å². The van der Waals surface area contributed by atoms with E-state index in [4.69, 9.17) is 18.9 Å². The third-order valence-electron chi connectivity index (χ3n) is 4.36. The summed E-state index contributed by atoms with van der Waals surface area (Å²) in [5, 5.41) is 0. The van der Waals surface area contributed by atoms with Crippen LogP contribution in [-0.4, -0.2) is 60.9 Å². The van der Waals surface area contributed by atoms with Crippen LogP contribution < -0.4 is 0 Å². The van der Waals surface area contributed by atoms with Gasteiger partial charge in [0, 0.05) is 6.42 Å². The van der Waals surface area contributed by atoms with Crippen LogP contribution in [-0.2, 0) is 35.1 Å². The summed E-state index contributed by atoms with van der Waals surface area (Å²) in [6, 6.07) is 9.45. The predicted octanol–water partition coefficient (Wildman–Crippen LogP) is 2.30. The van der Waals surface area contributed by atoms with E-state index in [9.17, 15) is 14.4 Å². The van der Waals surface area contributed by atoms with Crippen LogP contribution in [0.5, 0.6) is 0 Å². The average molecular weight is 393 g/mol. The number of carbonyl (C=O) groups is 3. The highest BCUT2D eigenvalue weighted by molar-refractivity contribution is 6.07. The van der Waals surface area contributed by atoms with Gasteiger partial charge in [0.15, 0.2) is 0 Å². The molecule has 0 bridgehead atoms. The van der Waals surface area contributed by atoms with E-state index < -0.39 is 35.3 Å². The number of ether oxygens (including phenoxy) is 4. The number of methoxy groups -OCH3 is 2. The van der Waals surface area contributed by atoms with Crippen LogP contribution in [0.25, 0.3) is 0 Å². The number of nitrogens with zero attached hydrogens (tertiary/aromatic N) is 1. The van der Waals surface area contributed by atoms with E-state index in [-0.39, 0.29) is 19.6 Å². The van der Waals surface area contributed by atoms with E-state index in [1.165, 1.54) is 0 Å². The zero-order valence-electron chi connectivity index (χ0n) is 16.9. The lowest BCUT2D eigenvalue weighted by Gasteiger charge is -2.34. The Labute approximate surface area is 164 Å². The molecule has 1 aromatic rings. The molecule has 8 heteroatoms. The van der Waals surface area contributed by atoms with Crippen LogP contribution in [0.2, 0.25) is 0 Å². The summed E-state index contributed by atoms with van der Waals surface area (Å²) in [5.74, 6) is -1.79. The first-order chi connectivity index (χ1) is 13.1. The Morgan fingerprint density at radius 2 is 1.64 bits per heavy atom. The summed E-state index contributed by atoms with van der Waals surface area (Å²) in [6.45, 7) is 5.35. The van der Waals surface area contributed by atoms with Gasteiger partial charge in [-0.15, -0.1) is 0 Å². The minimum absolute atomic E-state index is 0.00799. The predicted molar refractivity (Wildman–Crippen MR) is 99.3 cm³/mol. The van der Waals surface area contributed by atoms with Crippen molar-refractivity contribution >= 4 is 18.0 Å². The van der Waals surface area contributed by atoms with Gasteiger partial charge in [0.05, 0.1) is 33.5 Å². The summed E-state index contributed by atoms with van der Waals surface area (Å²) in [7, 11) is 2.30. The van der Waals surface area contributed by atoms with Gasteiger partial charge < -0.3 is 18.9 Å². The van der Waals surface area contributed by atoms with Crippen molar-refractivity contribution in [1.29, 1.82) is 0 Å². The second kappa shape index (κ2) is 8.60. The van der Waals surface area contributed by atoms with Crippen LogP contribution in [0.4, 0.5) is 4.79 Å². The van der Waals surface area contributed by atoms with Crippen molar-refractivity contribution in [3.8, 4) is 0 Å². The number of benzene rings is 1. The zero-order valence-corrected chi connectivity index (χ0v) is 16.9. The maximum absolute atomic E-state index is 12.8. The number of hydrogen-bond donors (Lipinski definition) is 0. The summed E-state index contributed by atoms with van der Waals surface area (Å²) < 4.78 is 20.9. The topological polar surface area (TPSA) is 91.4 Å². The van der Waals surface area contributed by atoms with Gasteiger partial charge in [0.25, 0.3) is 0 Å². The molecule has 0 aliphatic carbocycles. The second-order valence-electron chi connectivity index (χ2n) is 7.56. The van der Waals surface area contributed by atoms with Crippen LogP contribution in [0, 0.1) is 0 Å². The smallest absolute Gasteiger partial charge is 0.411 e. The van der Waals surface area contributed by atoms with Gasteiger partial charge in [0.1, 0.15) is 5.60 Å². The second-order valence-corrected chi connectivity index (χ2v) is 7.56. The molecule has 0 saturated carbocycles. The van der Waals surface area contributed by atoms with Gasteiger partial charge >= 0.3 is 18.0 Å². The molecule has 0 aromatic heterocycles. The Bertz CT molecular complexity index is 695. The molecule has 2 rings (SSSR count). The standard InChI is InChI=1S/C20H27NO7/c1-19(2,3)28-18(24)21-12-15(27-13-14-9-7-6-8-10-14)11-20(21,16(22)25-4)17(23)26-5/h6-10,15H,11-13H2,1-5H3/t15-/m0/s1. The van der Waals surface area contributed by atoms with Gasteiger partial charge in [0.2, 0.25) is 5.54 Å². The van der Waals surface area contributed by atoms with Gasteiger partial charge in [-0.3, -0.25) is 4.90 Å². The van der Waals surface area contributed by atoms with Crippen molar-refractivity contribution in [3.05, 3.63) is 35.9 Å². The number of amides is 1. The fourth-order valence-corrected chi connectivity index (χ4v) is 3.12. The maximum Gasteiger partial charge on any atom is 0.411 e. The third-order valence-corrected chi connectivity index (χ3v) is 4.36. The zero-order chi connectivity index (χ0) is 20.9. The molecule has 1 saturated heterocycles. The molecule has 1 heterocycles. The van der Waals surface area contributed by atoms with E-state index in [2.05, 4.69) is 0 Å². The van der Waals surface area contributed by atoms with Crippen molar-refractivity contribution in [1.82, 2.24) is 4.90 Å². The molecule has 1 amide bonds. The van der Waals surface area contributed by atoms with E-state index >= 15 is 0 Å². The van der Waals surface area contributed by atoms with Crippen molar-refractivity contribution in [2.24, 2.45) is 0 Å². The summed E-state index contributed by atoms with van der Waals surface area (Å²) in [6.07, 6.45) is -1.47. The van der Waals surface area contributed by atoms with Gasteiger partial charge in [-0.2, -0.15) is 0 Å². The largest absolute Gasteiger partial charge is 0.467 e. The average Bonchev–Trinajstić information content (AvgIpc) is 3.05. The Hall–Kier alpha value is -2.61. The fraction of sp³-hybridized carbons (Fsp3) is 0.550. The van der Waals surface area contributed by atoms with Gasteiger partial charge in [-0.1, -0.05) is 30.3 Å². The third kappa shape index (κ3) is 4.62. The minimum Gasteiger partial charge on any atom is -0.467 e. The van der Waals surface area contributed by atoms with E-state index in [1.807, 2.05) is 30.3 Å². The fourth-order valence-electron chi connectivity index (χ4n) is 3.12. The quantitative estimate of drug-likeness (QED) is 0.431. The van der Waals surface area contributed by atoms with Crippen LogP contribution in [0.1, 0.15) is 32.8 Å². The van der Waals surface area contributed by atoms with Crippen molar-refractivity contribution in [2.75, 3.05) is 20.8 Å². The molecule has 8 nitrogen and oxygen atoms in total. The number of hydrogen-bond acceptors (Lipinski definition) is 7. The molecule has 0 N–H and O–H groups in total. The monoisotopic (exact) mass is 393 g/mol. The molecule has 1 aliphatic rings. The Kier molecular flexibility index (Phi) is 6.66. The molecule has 1 atom stereocenters. The molecular weight excluding hydrogens is 366 g/mol. The first-order valence-electron chi connectivity index (χ1n) is 8.97. The number of carbonyl (C=O) groups excluding carboxylic acids is 3. The lowest BCUT2D eigenvalue weighted by molar-refractivity contribution is -0.169. The SMILES string of the molecule is COC(=O)C1(C(=O)OC)C[C@H](OCc2ccccc2)CN1C(=O)OC(C)(C)C. The molecule has 0 unspecified atom stereocenters. The molecule has 154 valence electrons. The summed E-state index contributed by atoms with van der Waals surface area (Å²) in [5.41, 5.74) is -1.83. The number of rotatable bonds is 5. The van der Waals surface area contributed by atoms with Crippen LogP contribution >= 0.6 is 0 Å². The van der Waals surface area contributed by atoms with Crippen LogP contribution in [0.15, 0.2) is 30.3 Å². The van der Waals surface area contributed by atoms with E-state index in [0.717, 1.165) is 24.7 Å². The molecular formula is C20H27NO7. The summed E-state index contributed by atoms with van der Waals surface area (Å²) >= 11 is 0. The highest BCUT2D eigenvalue weighted by Crippen LogP contribution is 2.35. The highest BCUT2D eigenvalue weighted by atomic mass is 16.6. The van der Waals surface area contributed by atoms with Crippen molar-refractivity contribution < 1.29 is 33.3 Å². The Morgan fingerprint density at radius 3 is 2.14 bits per heavy atom. The first kappa shape index (κ1) is 21.7. The normalized spacial score (nSPS) is 18.5. The molecule has 0 radical (unpaired) electrons. The molecule has 1 fully saturated rings. The van der Waals surface area contributed by atoms with E-state index in [0.29, 0.717) is 0 Å². The van der Waals surface area contributed by atoms with Gasteiger partial charge in [-0.25, -0.2) is 14.4 Å². The van der Waals surface area contributed by atoms with Crippen molar-refractivity contribution in [3.63, 3.8) is 0 Å². The molecule has 1 aliphatic heterocycles. The first-order valence-corrected chi connectivity index (χ1v) is 8.97. The van der Waals surface area contributed by atoms with Gasteiger partial charge in [-0.05, 0) is 26.3 Å². The maximum atomic E-state index is 12.8. The molecule has 1 aromatic carbocycles. The number of esters is 2. The van der Waals surface area contributed by atoms with Crippen LogP contribution in [0.3, 0.4) is 0 Å². The summed E-state index contributed by atoms with van der Waals surface area (Å²) in [4.78, 5) is 39.0. The highest BCUT2D eigenvalue weighted by Gasteiger charge is 2.62. The lowest BCUT2D eigenvalue weighted by atomic mass is 9.95. The van der Waals surface area contributed by atoms with Crippen molar-refractivity contribution in [2.45, 2.75) is 51.0 Å². The number of likely N-dealkylation sites (tertiary alicyclic amines) is 1. The minimum atomic E-state index is -1.95. The molecule has 28 heavy (non-hydrogen) atoms. The molecule has 0 spiro atoms.